The molecular formula is C17H19F3N4O3. The minimum Gasteiger partial charge on any atom is -0.354 e. The van der Waals surface area contributed by atoms with E-state index >= 15 is 0 Å². The third-order valence-electron chi connectivity index (χ3n) is 3.39. The Morgan fingerprint density at radius 1 is 1.11 bits per heavy atom. The predicted molar refractivity (Wildman–Crippen MR) is 89.6 cm³/mol. The summed E-state index contributed by atoms with van der Waals surface area (Å²) < 4.78 is 41.6. The largest absolute Gasteiger partial charge is 0.471 e. The standard InChI is InChI=1S/C17H19F3N4O3/c1-9(2)21-13(25)8-10(3)22-15(26)12-6-4-11(5-7-12)14-23-16(27-24-14)17(18,19)20/h4-7,9-10H,8H2,1-3H3,(H,21,25)(H,22,26)/t10-/m0/s1. The highest BCUT2D eigenvalue weighted by atomic mass is 19.4. The molecule has 0 aliphatic heterocycles. The summed E-state index contributed by atoms with van der Waals surface area (Å²) in [6.45, 7) is 5.37. The lowest BCUT2D eigenvalue weighted by atomic mass is 10.1. The van der Waals surface area contributed by atoms with Gasteiger partial charge in [-0.15, -0.1) is 0 Å². The number of nitrogens with one attached hydrogen (secondary N) is 2. The van der Waals surface area contributed by atoms with E-state index in [1.807, 2.05) is 13.8 Å². The van der Waals surface area contributed by atoms with Crippen LogP contribution in [0.4, 0.5) is 13.2 Å². The highest BCUT2D eigenvalue weighted by Crippen LogP contribution is 2.29. The first-order valence-electron chi connectivity index (χ1n) is 8.18. The van der Waals surface area contributed by atoms with E-state index in [0.29, 0.717) is 0 Å². The molecule has 0 saturated carbocycles. The molecule has 7 nitrogen and oxygen atoms in total. The Balaban J connectivity index is 1.99. The quantitative estimate of drug-likeness (QED) is 0.798. The van der Waals surface area contributed by atoms with Gasteiger partial charge in [0.2, 0.25) is 11.7 Å². The second kappa shape index (κ2) is 8.19. The molecule has 10 heteroatoms. The molecule has 2 amide bonds. The number of nitrogens with zero attached hydrogens (tertiary/aromatic N) is 2. The van der Waals surface area contributed by atoms with E-state index in [2.05, 4.69) is 25.3 Å². The molecule has 0 unspecified atom stereocenters. The molecule has 0 spiro atoms. The second-order valence-electron chi connectivity index (χ2n) is 6.30. The number of aromatic nitrogens is 2. The van der Waals surface area contributed by atoms with Gasteiger partial charge in [-0.25, -0.2) is 0 Å². The number of amides is 2. The molecule has 0 bridgehead atoms. The third-order valence-corrected chi connectivity index (χ3v) is 3.39. The van der Waals surface area contributed by atoms with E-state index in [9.17, 15) is 22.8 Å². The van der Waals surface area contributed by atoms with Gasteiger partial charge in [0.25, 0.3) is 5.91 Å². The van der Waals surface area contributed by atoms with Gasteiger partial charge in [0, 0.05) is 29.6 Å². The number of carbonyl (C=O) groups excluding carboxylic acids is 2. The van der Waals surface area contributed by atoms with E-state index in [4.69, 9.17) is 0 Å². The molecule has 1 aromatic carbocycles. The molecule has 0 aliphatic carbocycles. The van der Waals surface area contributed by atoms with Crippen LogP contribution in [0.25, 0.3) is 11.4 Å². The number of alkyl halides is 3. The van der Waals surface area contributed by atoms with Gasteiger partial charge in [0.1, 0.15) is 0 Å². The van der Waals surface area contributed by atoms with Crippen molar-refractivity contribution in [3.05, 3.63) is 35.7 Å². The van der Waals surface area contributed by atoms with Crippen LogP contribution >= 0.6 is 0 Å². The number of benzene rings is 1. The lowest BCUT2D eigenvalue weighted by Gasteiger charge is -2.15. The fourth-order valence-corrected chi connectivity index (χ4v) is 2.24. The maximum absolute atomic E-state index is 12.5. The van der Waals surface area contributed by atoms with Gasteiger partial charge in [0.05, 0.1) is 0 Å². The van der Waals surface area contributed by atoms with Crippen molar-refractivity contribution in [1.29, 1.82) is 0 Å². The first-order valence-corrected chi connectivity index (χ1v) is 8.18. The molecule has 0 aliphatic rings. The van der Waals surface area contributed by atoms with Crippen LogP contribution < -0.4 is 10.6 Å². The van der Waals surface area contributed by atoms with Crippen LogP contribution in [0.15, 0.2) is 28.8 Å². The molecule has 0 radical (unpaired) electrons. The number of hydrogen-bond donors (Lipinski definition) is 2. The summed E-state index contributed by atoms with van der Waals surface area (Å²) in [7, 11) is 0. The molecule has 1 aromatic heterocycles. The van der Waals surface area contributed by atoms with Crippen LogP contribution in [0, 0.1) is 0 Å². The minimum absolute atomic E-state index is 0.0101. The van der Waals surface area contributed by atoms with E-state index in [1.165, 1.54) is 24.3 Å². The van der Waals surface area contributed by atoms with Crippen molar-refractivity contribution < 1.29 is 27.3 Å². The Morgan fingerprint density at radius 3 is 2.26 bits per heavy atom. The van der Waals surface area contributed by atoms with Crippen molar-refractivity contribution in [3.63, 3.8) is 0 Å². The van der Waals surface area contributed by atoms with Gasteiger partial charge in [-0.05, 0) is 32.9 Å². The normalized spacial score (nSPS) is 12.7. The van der Waals surface area contributed by atoms with E-state index in [-0.39, 0.29) is 41.4 Å². The zero-order valence-electron chi connectivity index (χ0n) is 14.9. The number of hydrogen-bond acceptors (Lipinski definition) is 5. The highest BCUT2D eigenvalue weighted by molar-refractivity contribution is 5.95. The maximum Gasteiger partial charge on any atom is 0.471 e. The number of carbonyl (C=O) groups is 2. The van der Waals surface area contributed by atoms with Gasteiger partial charge in [0.15, 0.2) is 0 Å². The molecule has 0 fully saturated rings. The Labute approximate surface area is 153 Å². The van der Waals surface area contributed by atoms with Crippen LogP contribution in [-0.4, -0.2) is 34.0 Å². The van der Waals surface area contributed by atoms with Crippen molar-refractivity contribution in [2.45, 2.75) is 45.5 Å². The Morgan fingerprint density at radius 2 is 1.74 bits per heavy atom. The average Bonchev–Trinajstić information content (AvgIpc) is 3.04. The topological polar surface area (TPSA) is 97.1 Å². The van der Waals surface area contributed by atoms with Crippen molar-refractivity contribution in [1.82, 2.24) is 20.8 Å². The van der Waals surface area contributed by atoms with Gasteiger partial charge in [-0.3, -0.25) is 9.59 Å². The molecular weight excluding hydrogens is 365 g/mol. The monoisotopic (exact) mass is 384 g/mol. The first kappa shape index (κ1) is 20.4. The summed E-state index contributed by atoms with van der Waals surface area (Å²) in [5, 5.41) is 8.70. The smallest absolute Gasteiger partial charge is 0.354 e. The number of halogens is 3. The van der Waals surface area contributed by atoms with Crippen LogP contribution in [0.1, 0.15) is 43.4 Å². The molecule has 1 heterocycles. The van der Waals surface area contributed by atoms with Gasteiger partial charge < -0.3 is 15.2 Å². The predicted octanol–water partition coefficient (Wildman–Crippen LogP) is 2.79. The molecule has 27 heavy (non-hydrogen) atoms. The molecule has 146 valence electrons. The zero-order valence-corrected chi connectivity index (χ0v) is 14.9. The molecule has 2 rings (SSSR count). The summed E-state index contributed by atoms with van der Waals surface area (Å²) in [5.74, 6) is -2.25. The second-order valence-corrected chi connectivity index (χ2v) is 6.30. The summed E-state index contributed by atoms with van der Waals surface area (Å²) in [6.07, 6.45) is -4.59. The minimum atomic E-state index is -4.72. The molecule has 1 atom stereocenters. The van der Waals surface area contributed by atoms with Crippen LogP contribution in [0.3, 0.4) is 0 Å². The van der Waals surface area contributed by atoms with Crippen LogP contribution in [-0.2, 0) is 11.0 Å². The van der Waals surface area contributed by atoms with E-state index in [0.717, 1.165) is 0 Å². The van der Waals surface area contributed by atoms with Crippen molar-refractivity contribution in [2.75, 3.05) is 0 Å². The van der Waals surface area contributed by atoms with Gasteiger partial charge in [-0.2, -0.15) is 18.2 Å². The highest BCUT2D eigenvalue weighted by Gasteiger charge is 2.38. The average molecular weight is 384 g/mol. The Kier molecular flexibility index (Phi) is 6.19. The molecule has 2 aromatic rings. The van der Waals surface area contributed by atoms with Gasteiger partial charge in [-0.1, -0.05) is 17.3 Å². The van der Waals surface area contributed by atoms with Crippen molar-refractivity contribution in [3.8, 4) is 11.4 Å². The fraction of sp³-hybridized carbons (Fsp3) is 0.412. The van der Waals surface area contributed by atoms with Gasteiger partial charge >= 0.3 is 12.1 Å². The molecule has 2 N–H and O–H groups in total. The summed E-state index contributed by atoms with van der Waals surface area (Å²) >= 11 is 0. The number of rotatable bonds is 6. The summed E-state index contributed by atoms with van der Waals surface area (Å²) in [5.41, 5.74) is 0.560. The fourth-order valence-electron chi connectivity index (χ4n) is 2.24. The lowest BCUT2D eigenvalue weighted by molar-refractivity contribution is -0.159. The summed E-state index contributed by atoms with van der Waals surface area (Å²) in [6, 6.07) is 5.30. The van der Waals surface area contributed by atoms with E-state index in [1.54, 1.807) is 6.92 Å². The van der Waals surface area contributed by atoms with Crippen molar-refractivity contribution in [2.24, 2.45) is 0 Å². The van der Waals surface area contributed by atoms with Crippen LogP contribution in [0.5, 0.6) is 0 Å². The third kappa shape index (κ3) is 5.80. The summed E-state index contributed by atoms with van der Waals surface area (Å²) in [4.78, 5) is 27.2. The SMILES string of the molecule is CC(C)NC(=O)C[C@H](C)NC(=O)c1ccc(-c2noc(C(F)(F)F)n2)cc1. The Bertz CT molecular complexity index is 801. The lowest BCUT2D eigenvalue weighted by Crippen LogP contribution is -2.39. The van der Waals surface area contributed by atoms with Crippen LogP contribution in [0.2, 0.25) is 0 Å². The molecule has 0 saturated heterocycles. The Hall–Kier alpha value is -2.91. The van der Waals surface area contributed by atoms with Crippen molar-refractivity contribution >= 4 is 11.8 Å². The van der Waals surface area contributed by atoms with E-state index < -0.39 is 18.0 Å². The zero-order chi connectivity index (χ0) is 20.2. The maximum atomic E-state index is 12.5. The first-order chi connectivity index (χ1) is 12.6.